The fraction of sp³-hybridized carbons (Fsp3) is 0.267. The first-order valence-corrected chi connectivity index (χ1v) is 7.01. The van der Waals surface area contributed by atoms with Crippen molar-refractivity contribution in [2.75, 3.05) is 6.54 Å². The van der Waals surface area contributed by atoms with E-state index >= 15 is 0 Å². The summed E-state index contributed by atoms with van der Waals surface area (Å²) >= 11 is 12.2. The summed E-state index contributed by atoms with van der Waals surface area (Å²) in [7, 11) is 0. The van der Waals surface area contributed by atoms with Crippen LogP contribution in [0, 0.1) is 0 Å². The molecule has 1 unspecified atom stereocenters. The summed E-state index contributed by atoms with van der Waals surface area (Å²) in [5, 5.41) is 4.65. The molecule has 1 aromatic carbocycles. The van der Waals surface area contributed by atoms with E-state index in [0.29, 0.717) is 10.0 Å². The highest BCUT2D eigenvalue weighted by molar-refractivity contribution is 6.42. The van der Waals surface area contributed by atoms with Crippen molar-refractivity contribution in [3.8, 4) is 0 Å². The maximum absolute atomic E-state index is 6.20. The SMILES string of the molecule is CC(NCCc1ccccn1)c1cccc(Cl)c1Cl. The number of benzene rings is 1. The Hall–Kier alpha value is -1.09. The molecule has 0 bridgehead atoms. The van der Waals surface area contributed by atoms with Crippen LogP contribution in [0.3, 0.4) is 0 Å². The quantitative estimate of drug-likeness (QED) is 0.890. The molecule has 0 radical (unpaired) electrons. The smallest absolute Gasteiger partial charge is 0.0639 e. The Morgan fingerprint density at radius 1 is 1.16 bits per heavy atom. The highest BCUT2D eigenvalue weighted by Gasteiger charge is 2.11. The first-order valence-electron chi connectivity index (χ1n) is 6.25. The van der Waals surface area contributed by atoms with Crippen LogP contribution < -0.4 is 5.32 Å². The number of hydrogen-bond acceptors (Lipinski definition) is 2. The number of rotatable bonds is 5. The molecule has 0 spiro atoms. The third-order valence-corrected chi connectivity index (χ3v) is 3.84. The summed E-state index contributed by atoms with van der Waals surface area (Å²) in [5.74, 6) is 0. The summed E-state index contributed by atoms with van der Waals surface area (Å²) in [4.78, 5) is 4.29. The van der Waals surface area contributed by atoms with E-state index in [4.69, 9.17) is 23.2 Å². The van der Waals surface area contributed by atoms with Gasteiger partial charge in [-0.05, 0) is 30.7 Å². The lowest BCUT2D eigenvalue weighted by Crippen LogP contribution is -2.21. The van der Waals surface area contributed by atoms with Gasteiger partial charge in [-0.15, -0.1) is 0 Å². The number of halogens is 2. The Morgan fingerprint density at radius 2 is 2.00 bits per heavy atom. The molecule has 2 rings (SSSR count). The van der Waals surface area contributed by atoms with Crippen molar-refractivity contribution in [2.24, 2.45) is 0 Å². The van der Waals surface area contributed by atoms with Gasteiger partial charge in [-0.3, -0.25) is 4.98 Å². The van der Waals surface area contributed by atoms with Crippen LogP contribution in [0.1, 0.15) is 24.2 Å². The predicted octanol–water partition coefficient (Wildman–Crippen LogP) is 4.28. The molecule has 0 fully saturated rings. The second-order valence-electron chi connectivity index (χ2n) is 4.39. The minimum absolute atomic E-state index is 0.162. The molecule has 2 nitrogen and oxygen atoms in total. The van der Waals surface area contributed by atoms with E-state index in [0.717, 1.165) is 24.2 Å². The minimum Gasteiger partial charge on any atom is -0.310 e. The van der Waals surface area contributed by atoms with Gasteiger partial charge in [-0.25, -0.2) is 0 Å². The van der Waals surface area contributed by atoms with Crippen LogP contribution >= 0.6 is 23.2 Å². The normalized spacial score (nSPS) is 12.4. The van der Waals surface area contributed by atoms with Crippen molar-refractivity contribution in [3.05, 3.63) is 63.9 Å². The average Bonchev–Trinajstić information content (AvgIpc) is 2.43. The van der Waals surface area contributed by atoms with Gasteiger partial charge in [0.05, 0.1) is 10.0 Å². The van der Waals surface area contributed by atoms with Crippen LogP contribution in [-0.2, 0) is 6.42 Å². The summed E-state index contributed by atoms with van der Waals surface area (Å²) in [6, 6.07) is 11.8. The Morgan fingerprint density at radius 3 is 2.74 bits per heavy atom. The third-order valence-electron chi connectivity index (χ3n) is 3.01. The van der Waals surface area contributed by atoms with Gasteiger partial charge in [0, 0.05) is 30.9 Å². The Balaban J connectivity index is 1.91. The molecule has 0 aliphatic carbocycles. The van der Waals surface area contributed by atoms with E-state index in [1.165, 1.54) is 0 Å². The molecule has 2 aromatic rings. The van der Waals surface area contributed by atoms with Crippen LogP contribution in [0.25, 0.3) is 0 Å². The van der Waals surface area contributed by atoms with E-state index in [2.05, 4.69) is 17.2 Å². The molecule has 1 atom stereocenters. The van der Waals surface area contributed by atoms with Crippen LogP contribution in [-0.4, -0.2) is 11.5 Å². The van der Waals surface area contributed by atoms with E-state index in [1.807, 2.05) is 36.5 Å². The topological polar surface area (TPSA) is 24.9 Å². The molecule has 1 heterocycles. The van der Waals surface area contributed by atoms with E-state index in [-0.39, 0.29) is 6.04 Å². The zero-order chi connectivity index (χ0) is 13.7. The van der Waals surface area contributed by atoms with Gasteiger partial charge < -0.3 is 5.32 Å². The van der Waals surface area contributed by atoms with Gasteiger partial charge >= 0.3 is 0 Å². The molecule has 0 aliphatic rings. The lowest BCUT2D eigenvalue weighted by Gasteiger charge is -2.16. The van der Waals surface area contributed by atoms with Crippen LogP contribution in [0.15, 0.2) is 42.6 Å². The molecular formula is C15H16Cl2N2. The van der Waals surface area contributed by atoms with Gasteiger partial charge in [-0.1, -0.05) is 41.4 Å². The first-order chi connectivity index (χ1) is 9.18. The molecular weight excluding hydrogens is 279 g/mol. The summed E-state index contributed by atoms with van der Waals surface area (Å²) < 4.78 is 0. The largest absolute Gasteiger partial charge is 0.310 e. The van der Waals surface area contributed by atoms with Gasteiger partial charge in [0.1, 0.15) is 0 Å². The second kappa shape index (κ2) is 6.90. The minimum atomic E-state index is 0.162. The van der Waals surface area contributed by atoms with Gasteiger partial charge in [-0.2, -0.15) is 0 Å². The molecule has 4 heteroatoms. The first kappa shape index (κ1) is 14.3. The second-order valence-corrected chi connectivity index (χ2v) is 5.18. The maximum atomic E-state index is 6.20. The number of nitrogens with one attached hydrogen (secondary N) is 1. The van der Waals surface area contributed by atoms with Crippen LogP contribution in [0.4, 0.5) is 0 Å². The number of aromatic nitrogens is 1. The van der Waals surface area contributed by atoms with E-state index in [9.17, 15) is 0 Å². The summed E-state index contributed by atoms with van der Waals surface area (Å²) in [6.07, 6.45) is 2.70. The number of nitrogens with zero attached hydrogens (tertiary/aromatic N) is 1. The average molecular weight is 295 g/mol. The van der Waals surface area contributed by atoms with Crippen molar-refractivity contribution < 1.29 is 0 Å². The third kappa shape index (κ3) is 3.93. The highest BCUT2D eigenvalue weighted by Crippen LogP contribution is 2.29. The van der Waals surface area contributed by atoms with Crippen molar-refractivity contribution >= 4 is 23.2 Å². The predicted molar refractivity (Wildman–Crippen MR) is 80.8 cm³/mol. The van der Waals surface area contributed by atoms with Crippen LogP contribution in [0.2, 0.25) is 10.0 Å². The molecule has 0 saturated heterocycles. The zero-order valence-corrected chi connectivity index (χ0v) is 12.2. The van der Waals surface area contributed by atoms with Gasteiger partial charge in [0.2, 0.25) is 0 Å². The van der Waals surface area contributed by atoms with E-state index < -0.39 is 0 Å². The Kier molecular flexibility index (Phi) is 5.20. The van der Waals surface area contributed by atoms with Crippen molar-refractivity contribution in [1.82, 2.24) is 10.3 Å². The fourth-order valence-electron chi connectivity index (χ4n) is 1.93. The highest BCUT2D eigenvalue weighted by atomic mass is 35.5. The van der Waals surface area contributed by atoms with Gasteiger partial charge in [0.15, 0.2) is 0 Å². The van der Waals surface area contributed by atoms with Crippen molar-refractivity contribution in [2.45, 2.75) is 19.4 Å². The number of hydrogen-bond donors (Lipinski definition) is 1. The molecule has 1 N–H and O–H groups in total. The van der Waals surface area contributed by atoms with Crippen LogP contribution in [0.5, 0.6) is 0 Å². The van der Waals surface area contributed by atoms with E-state index in [1.54, 1.807) is 6.07 Å². The molecule has 1 aromatic heterocycles. The van der Waals surface area contributed by atoms with Gasteiger partial charge in [0.25, 0.3) is 0 Å². The Bertz CT molecular complexity index is 529. The molecule has 0 amide bonds. The summed E-state index contributed by atoms with van der Waals surface area (Å²) in [6.45, 7) is 2.93. The molecule has 0 saturated carbocycles. The standard InChI is InChI=1S/C15H16Cl2N2/c1-11(13-6-4-7-14(16)15(13)17)18-10-8-12-5-2-3-9-19-12/h2-7,9,11,18H,8,10H2,1H3. The monoisotopic (exact) mass is 294 g/mol. The lowest BCUT2D eigenvalue weighted by molar-refractivity contribution is 0.574. The number of pyridine rings is 1. The molecule has 19 heavy (non-hydrogen) atoms. The van der Waals surface area contributed by atoms with Crippen molar-refractivity contribution in [1.29, 1.82) is 0 Å². The molecule has 0 aliphatic heterocycles. The zero-order valence-electron chi connectivity index (χ0n) is 10.7. The molecule has 100 valence electrons. The summed E-state index contributed by atoms with van der Waals surface area (Å²) in [5.41, 5.74) is 2.11. The maximum Gasteiger partial charge on any atom is 0.0639 e. The fourth-order valence-corrected chi connectivity index (χ4v) is 2.40. The lowest BCUT2D eigenvalue weighted by atomic mass is 10.1. The van der Waals surface area contributed by atoms with Crippen molar-refractivity contribution in [3.63, 3.8) is 0 Å². The Labute approximate surface area is 123 Å².